The summed E-state index contributed by atoms with van der Waals surface area (Å²) in [4.78, 5) is 46.3. The highest BCUT2D eigenvalue weighted by Crippen LogP contribution is 2.22. The number of benzene rings is 2. The number of pyridine rings is 1. The van der Waals surface area contributed by atoms with E-state index in [1.165, 1.54) is 6.20 Å². The summed E-state index contributed by atoms with van der Waals surface area (Å²) in [6.45, 7) is 4.16. The van der Waals surface area contributed by atoms with Gasteiger partial charge >= 0.3 is 0 Å². The highest BCUT2D eigenvalue weighted by Gasteiger charge is 2.19. The summed E-state index contributed by atoms with van der Waals surface area (Å²) in [5.74, 6) is -0.465. The van der Waals surface area contributed by atoms with Gasteiger partial charge < -0.3 is 15.5 Å². The minimum absolute atomic E-state index is 0.0126. The van der Waals surface area contributed by atoms with Gasteiger partial charge in [0.05, 0.1) is 17.8 Å². The highest BCUT2D eigenvalue weighted by molar-refractivity contribution is 6.30. The van der Waals surface area contributed by atoms with E-state index in [0.29, 0.717) is 39.9 Å². The van der Waals surface area contributed by atoms with Crippen molar-refractivity contribution in [3.63, 3.8) is 0 Å². The van der Waals surface area contributed by atoms with Gasteiger partial charge in [0.15, 0.2) is 0 Å². The number of hydrogen-bond acceptors (Lipinski definition) is 5. The van der Waals surface area contributed by atoms with E-state index >= 15 is 0 Å². The van der Waals surface area contributed by atoms with Gasteiger partial charge in [0, 0.05) is 29.5 Å². The molecular formula is C27H28ClN5O3. The van der Waals surface area contributed by atoms with E-state index in [4.69, 9.17) is 11.6 Å². The number of aromatic nitrogens is 1. The predicted octanol–water partition coefficient (Wildman–Crippen LogP) is 4.61. The molecule has 1 fully saturated rings. The van der Waals surface area contributed by atoms with Gasteiger partial charge in [0.2, 0.25) is 5.91 Å². The van der Waals surface area contributed by atoms with Crippen LogP contribution in [0.25, 0.3) is 0 Å². The van der Waals surface area contributed by atoms with E-state index in [9.17, 15) is 14.4 Å². The van der Waals surface area contributed by atoms with E-state index in [0.717, 1.165) is 31.5 Å². The lowest BCUT2D eigenvalue weighted by Crippen LogP contribution is -2.37. The van der Waals surface area contributed by atoms with Crippen LogP contribution in [-0.4, -0.2) is 54.3 Å². The number of nitrogens with zero attached hydrogens (tertiary/aromatic N) is 3. The molecule has 0 unspecified atom stereocenters. The lowest BCUT2D eigenvalue weighted by molar-refractivity contribution is -0.119. The van der Waals surface area contributed by atoms with Gasteiger partial charge in [-0.15, -0.1) is 0 Å². The first-order chi connectivity index (χ1) is 17.3. The maximum atomic E-state index is 13.0. The van der Waals surface area contributed by atoms with Crippen LogP contribution in [-0.2, 0) is 4.79 Å². The molecule has 2 aromatic carbocycles. The quantitative estimate of drug-likeness (QED) is 0.489. The number of likely N-dealkylation sites (N-methyl/N-ethyl adjacent to an activating group) is 1. The maximum absolute atomic E-state index is 13.0. The molecule has 0 atom stereocenters. The van der Waals surface area contributed by atoms with E-state index in [1.807, 2.05) is 13.0 Å². The Labute approximate surface area is 215 Å². The maximum Gasteiger partial charge on any atom is 0.258 e. The second-order valence-electron chi connectivity index (χ2n) is 8.80. The van der Waals surface area contributed by atoms with Crippen molar-refractivity contribution in [3.05, 3.63) is 82.5 Å². The number of likely N-dealkylation sites (tertiary alicyclic amines) is 1. The van der Waals surface area contributed by atoms with Crippen molar-refractivity contribution in [2.45, 2.75) is 19.8 Å². The number of carbonyl (C=O) groups excluding carboxylic acids is 3. The fourth-order valence-electron chi connectivity index (χ4n) is 4.02. The van der Waals surface area contributed by atoms with Crippen molar-refractivity contribution in [1.82, 2.24) is 9.88 Å². The SMILES string of the molecule is Cc1ccc(NC(=O)c2ccc(N(C)C(=O)CN3CCCC3)cc2)c(C(=O)Nc2cc(Cl)ccn2)c1. The van der Waals surface area contributed by atoms with Gasteiger partial charge in [-0.1, -0.05) is 23.2 Å². The van der Waals surface area contributed by atoms with E-state index < -0.39 is 5.91 Å². The van der Waals surface area contributed by atoms with Crippen molar-refractivity contribution < 1.29 is 14.4 Å². The first-order valence-electron chi connectivity index (χ1n) is 11.7. The van der Waals surface area contributed by atoms with Crippen LogP contribution in [0.5, 0.6) is 0 Å². The van der Waals surface area contributed by atoms with Crippen molar-refractivity contribution in [1.29, 1.82) is 0 Å². The van der Waals surface area contributed by atoms with E-state index in [-0.39, 0.29) is 11.8 Å². The van der Waals surface area contributed by atoms with Gasteiger partial charge in [-0.05, 0) is 81.4 Å². The molecule has 2 heterocycles. The monoisotopic (exact) mass is 505 g/mol. The Morgan fingerprint density at radius 2 is 1.69 bits per heavy atom. The predicted molar refractivity (Wildman–Crippen MR) is 142 cm³/mol. The summed E-state index contributed by atoms with van der Waals surface area (Å²) >= 11 is 5.98. The lowest BCUT2D eigenvalue weighted by atomic mass is 10.1. The minimum atomic E-state index is -0.419. The Bertz CT molecular complexity index is 1270. The van der Waals surface area contributed by atoms with Crippen LogP contribution in [0, 0.1) is 6.92 Å². The normalized spacial score (nSPS) is 13.3. The van der Waals surface area contributed by atoms with Gasteiger partial charge in [-0.2, -0.15) is 0 Å². The molecule has 0 aliphatic carbocycles. The Morgan fingerprint density at radius 1 is 0.972 bits per heavy atom. The van der Waals surface area contributed by atoms with Gasteiger partial charge in [0.25, 0.3) is 11.8 Å². The molecule has 0 saturated carbocycles. The second kappa shape index (κ2) is 11.3. The van der Waals surface area contributed by atoms with Crippen molar-refractivity contribution >= 4 is 46.5 Å². The topological polar surface area (TPSA) is 94.6 Å². The Balaban J connectivity index is 1.44. The number of hydrogen-bond donors (Lipinski definition) is 2. The fraction of sp³-hybridized carbons (Fsp3) is 0.259. The average Bonchev–Trinajstić information content (AvgIpc) is 3.37. The Hall–Kier alpha value is -3.75. The van der Waals surface area contributed by atoms with Crippen LogP contribution in [0.2, 0.25) is 5.02 Å². The third-order valence-corrected chi connectivity index (χ3v) is 6.32. The molecule has 4 rings (SSSR count). The van der Waals surface area contributed by atoms with Gasteiger partial charge in [-0.3, -0.25) is 19.3 Å². The fourth-order valence-corrected chi connectivity index (χ4v) is 4.18. The van der Waals surface area contributed by atoms with Crippen LogP contribution < -0.4 is 15.5 Å². The molecule has 1 aromatic heterocycles. The Kier molecular flexibility index (Phi) is 7.97. The summed E-state index contributed by atoms with van der Waals surface area (Å²) in [6, 6.07) is 15.2. The largest absolute Gasteiger partial charge is 0.321 e. The molecule has 1 saturated heterocycles. The number of aryl methyl sites for hydroxylation is 1. The first-order valence-corrected chi connectivity index (χ1v) is 12.1. The molecule has 3 aromatic rings. The van der Waals surface area contributed by atoms with E-state index in [1.54, 1.807) is 60.5 Å². The van der Waals surface area contributed by atoms with Crippen molar-refractivity contribution in [2.75, 3.05) is 42.2 Å². The average molecular weight is 506 g/mol. The number of halogens is 1. The molecule has 9 heteroatoms. The highest BCUT2D eigenvalue weighted by atomic mass is 35.5. The zero-order chi connectivity index (χ0) is 25.7. The minimum Gasteiger partial charge on any atom is -0.321 e. The molecule has 8 nitrogen and oxygen atoms in total. The Morgan fingerprint density at radius 3 is 2.39 bits per heavy atom. The lowest BCUT2D eigenvalue weighted by Gasteiger charge is -2.21. The van der Waals surface area contributed by atoms with Crippen molar-refractivity contribution in [2.24, 2.45) is 0 Å². The van der Waals surface area contributed by atoms with Gasteiger partial charge in [-0.25, -0.2) is 4.98 Å². The number of amides is 3. The molecule has 0 bridgehead atoms. The number of anilines is 3. The standard InChI is InChI=1S/C27H28ClN5O3/c1-18-5-10-23(22(15-18)27(36)31-24-16-20(28)11-12-29-24)30-26(35)19-6-8-21(9-7-19)32(2)25(34)17-33-13-3-4-14-33/h5-12,15-16H,3-4,13-14,17H2,1-2H3,(H,30,35)(H,29,31,36). The molecule has 36 heavy (non-hydrogen) atoms. The van der Waals surface area contributed by atoms with Crippen LogP contribution in [0.15, 0.2) is 60.8 Å². The van der Waals surface area contributed by atoms with Crippen molar-refractivity contribution in [3.8, 4) is 0 Å². The van der Waals surface area contributed by atoms with E-state index in [2.05, 4.69) is 20.5 Å². The zero-order valence-corrected chi connectivity index (χ0v) is 21.0. The zero-order valence-electron chi connectivity index (χ0n) is 20.3. The number of rotatable bonds is 7. The summed E-state index contributed by atoms with van der Waals surface area (Å²) in [5.41, 5.74) is 2.65. The third kappa shape index (κ3) is 6.27. The molecule has 186 valence electrons. The second-order valence-corrected chi connectivity index (χ2v) is 9.24. The van der Waals surface area contributed by atoms with Crippen LogP contribution in [0.3, 0.4) is 0 Å². The molecule has 0 radical (unpaired) electrons. The molecule has 1 aliphatic heterocycles. The summed E-state index contributed by atoms with van der Waals surface area (Å²) in [6.07, 6.45) is 3.75. The molecule has 0 spiro atoms. The summed E-state index contributed by atoms with van der Waals surface area (Å²) in [5, 5.41) is 5.98. The smallest absolute Gasteiger partial charge is 0.258 e. The van der Waals surface area contributed by atoms with Gasteiger partial charge in [0.1, 0.15) is 5.82 Å². The third-order valence-electron chi connectivity index (χ3n) is 6.08. The van der Waals surface area contributed by atoms with Crippen LogP contribution in [0.4, 0.5) is 17.2 Å². The molecule has 2 N–H and O–H groups in total. The summed E-state index contributed by atoms with van der Waals surface area (Å²) < 4.78 is 0. The summed E-state index contributed by atoms with van der Waals surface area (Å²) in [7, 11) is 1.74. The van der Waals surface area contributed by atoms with Crippen LogP contribution >= 0.6 is 11.6 Å². The number of carbonyl (C=O) groups is 3. The van der Waals surface area contributed by atoms with Crippen LogP contribution in [0.1, 0.15) is 39.1 Å². The molecule has 3 amide bonds. The first kappa shape index (κ1) is 25.3. The molecule has 1 aliphatic rings. The number of nitrogens with one attached hydrogen (secondary N) is 2. The molecular weight excluding hydrogens is 478 g/mol.